The molecular weight excluding hydrogens is 328 g/mol. The first-order valence-corrected chi connectivity index (χ1v) is 9.36. The van der Waals surface area contributed by atoms with Crippen molar-refractivity contribution in [3.05, 3.63) is 48.2 Å². The lowest BCUT2D eigenvalue weighted by Crippen LogP contribution is -2.55. The van der Waals surface area contributed by atoms with Crippen molar-refractivity contribution in [1.29, 1.82) is 0 Å². The van der Waals surface area contributed by atoms with Crippen LogP contribution in [-0.2, 0) is 11.3 Å². The Kier molecular flexibility index (Phi) is 5.09. The highest BCUT2D eigenvalue weighted by molar-refractivity contribution is 5.37. The molecule has 1 aromatic heterocycles. The summed E-state index contributed by atoms with van der Waals surface area (Å²) in [6.45, 7) is 2.56. The first-order chi connectivity index (χ1) is 12.8. The Bertz CT molecular complexity index is 744. The highest BCUT2D eigenvalue weighted by Gasteiger charge is 2.46. The SMILES string of the molecule is COc1cccc(Oc2ncccc2CNC2CCC23CCOCC3)c1. The van der Waals surface area contributed by atoms with E-state index in [4.69, 9.17) is 14.2 Å². The summed E-state index contributed by atoms with van der Waals surface area (Å²) in [7, 11) is 1.65. The summed E-state index contributed by atoms with van der Waals surface area (Å²) >= 11 is 0. The lowest BCUT2D eigenvalue weighted by Gasteiger charge is -2.52. The summed E-state index contributed by atoms with van der Waals surface area (Å²) in [5.41, 5.74) is 1.51. The van der Waals surface area contributed by atoms with Crippen molar-refractivity contribution in [3.8, 4) is 17.4 Å². The van der Waals surface area contributed by atoms with Gasteiger partial charge in [-0.3, -0.25) is 0 Å². The molecule has 2 aromatic rings. The molecule has 26 heavy (non-hydrogen) atoms. The van der Waals surface area contributed by atoms with E-state index in [9.17, 15) is 0 Å². The molecule has 0 radical (unpaired) electrons. The van der Waals surface area contributed by atoms with E-state index in [-0.39, 0.29) is 0 Å². The monoisotopic (exact) mass is 354 g/mol. The third kappa shape index (κ3) is 3.55. The molecule has 1 spiro atoms. The number of hydrogen-bond acceptors (Lipinski definition) is 5. The van der Waals surface area contributed by atoms with Crippen LogP contribution < -0.4 is 14.8 Å². The van der Waals surface area contributed by atoms with Gasteiger partial charge >= 0.3 is 0 Å². The second-order valence-corrected chi connectivity index (χ2v) is 7.20. The molecule has 2 heterocycles. The minimum Gasteiger partial charge on any atom is -0.497 e. The van der Waals surface area contributed by atoms with Crippen LogP contribution in [0.2, 0.25) is 0 Å². The van der Waals surface area contributed by atoms with Crippen LogP contribution in [0.4, 0.5) is 0 Å². The van der Waals surface area contributed by atoms with Gasteiger partial charge in [0, 0.05) is 43.6 Å². The van der Waals surface area contributed by atoms with Crippen LogP contribution in [0.3, 0.4) is 0 Å². The Morgan fingerprint density at radius 1 is 1.15 bits per heavy atom. The first kappa shape index (κ1) is 17.3. The topological polar surface area (TPSA) is 52.6 Å². The smallest absolute Gasteiger partial charge is 0.223 e. The molecule has 138 valence electrons. The Morgan fingerprint density at radius 2 is 2.00 bits per heavy atom. The number of nitrogens with one attached hydrogen (secondary N) is 1. The van der Waals surface area contributed by atoms with E-state index >= 15 is 0 Å². The molecule has 1 aromatic carbocycles. The van der Waals surface area contributed by atoms with Crippen molar-refractivity contribution in [2.75, 3.05) is 20.3 Å². The maximum Gasteiger partial charge on any atom is 0.223 e. The fourth-order valence-corrected chi connectivity index (χ4v) is 4.05. The molecule has 5 nitrogen and oxygen atoms in total. The summed E-state index contributed by atoms with van der Waals surface area (Å²) in [5, 5.41) is 3.74. The fourth-order valence-electron chi connectivity index (χ4n) is 4.05. The van der Waals surface area contributed by atoms with Gasteiger partial charge in [0.1, 0.15) is 11.5 Å². The van der Waals surface area contributed by atoms with Gasteiger partial charge in [0.15, 0.2) is 0 Å². The maximum absolute atomic E-state index is 6.02. The lowest BCUT2D eigenvalue weighted by molar-refractivity contribution is -0.0552. The van der Waals surface area contributed by atoms with Gasteiger partial charge in [0.25, 0.3) is 0 Å². The molecule has 4 rings (SSSR count). The second-order valence-electron chi connectivity index (χ2n) is 7.20. The number of methoxy groups -OCH3 is 1. The van der Waals surface area contributed by atoms with Crippen molar-refractivity contribution in [3.63, 3.8) is 0 Å². The number of ether oxygens (including phenoxy) is 3. The van der Waals surface area contributed by atoms with E-state index < -0.39 is 0 Å². The Hall–Kier alpha value is -2.11. The third-order valence-corrected chi connectivity index (χ3v) is 5.80. The van der Waals surface area contributed by atoms with Crippen LogP contribution in [0.5, 0.6) is 17.4 Å². The molecule has 1 atom stereocenters. The predicted octanol–water partition coefficient (Wildman–Crippen LogP) is 3.93. The first-order valence-electron chi connectivity index (χ1n) is 9.36. The van der Waals surface area contributed by atoms with Gasteiger partial charge in [-0.15, -0.1) is 0 Å². The van der Waals surface area contributed by atoms with E-state index in [1.807, 2.05) is 30.3 Å². The summed E-state index contributed by atoms with van der Waals surface area (Å²) in [5.74, 6) is 2.15. The summed E-state index contributed by atoms with van der Waals surface area (Å²) in [6, 6.07) is 12.2. The third-order valence-electron chi connectivity index (χ3n) is 5.80. The number of nitrogens with zero attached hydrogens (tertiary/aromatic N) is 1. The van der Waals surface area contributed by atoms with Crippen molar-refractivity contribution < 1.29 is 14.2 Å². The number of hydrogen-bond donors (Lipinski definition) is 1. The molecule has 1 saturated heterocycles. The molecular formula is C21H26N2O3. The van der Waals surface area contributed by atoms with Gasteiger partial charge in [0.2, 0.25) is 5.88 Å². The van der Waals surface area contributed by atoms with Crippen LogP contribution in [0.15, 0.2) is 42.6 Å². The normalized spacial score (nSPS) is 21.2. The molecule has 1 aliphatic heterocycles. The molecule has 0 amide bonds. The quantitative estimate of drug-likeness (QED) is 0.852. The highest BCUT2D eigenvalue weighted by Crippen LogP contribution is 2.48. The van der Waals surface area contributed by atoms with E-state index in [1.54, 1.807) is 13.3 Å². The Balaban J connectivity index is 1.42. The second kappa shape index (κ2) is 7.64. The molecule has 1 saturated carbocycles. The Labute approximate surface area is 154 Å². The van der Waals surface area contributed by atoms with Crippen molar-refractivity contribution in [2.24, 2.45) is 5.41 Å². The van der Waals surface area contributed by atoms with Gasteiger partial charge in [-0.25, -0.2) is 4.98 Å². The zero-order valence-corrected chi connectivity index (χ0v) is 15.2. The van der Waals surface area contributed by atoms with Gasteiger partial charge in [0.05, 0.1) is 7.11 Å². The molecule has 2 aliphatic rings. The molecule has 0 bridgehead atoms. The standard InChI is InChI=1S/C21H26N2O3/c1-24-17-5-2-6-18(14-17)26-20-16(4-3-11-22-20)15-23-19-7-8-21(19)9-12-25-13-10-21/h2-6,11,14,19,23H,7-10,12-13,15H2,1H3. The van der Waals surface area contributed by atoms with Gasteiger partial charge < -0.3 is 19.5 Å². The van der Waals surface area contributed by atoms with Crippen LogP contribution >= 0.6 is 0 Å². The summed E-state index contributed by atoms with van der Waals surface area (Å²) in [4.78, 5) is 4.43. The molecule has 2 fully saturated rings. The molecule has 1 N–H and O–H groups in total. The van der Waals surface area contributed by atoms with Crippen molar-refractivity contribution in [1.82, 2.24) is 10.3 Å². The van der Waals surface area contributed by atoms with Crippen LogP contribution in [0.1, 0.15) is 31.2 Å². The number of benzene rings is 1. The number of aromatic nitrogens is 1. The summed E-state index contributed by atoms with van der Waals surface area (Å²) in [6.07, 6.45) is 6.67. The average molecular weight is 354 g/mol. The van der Waals surface area contributed by atoms with E-state index in [2.05, 4.69) is 16.4 Å². The molecule has 5 heteroatoms. The van der Waals surface area contributed by atoms with Crippen molar-refractivity contribution >= 4 is 0 Å². The minimum atomic E-state index is 0.439. The van der Waals surface area contributed by atoms with E-state index in [1.165, 1.54) is 25.7 Å². The van der Waals surface area contributed by atoms with Crippen LogP contribution in [-0.4, -0.2) is 31.3 Å². The van der Waals surface area contributed by atoms with Gasteiger partial charge in [-0.2, -0.15) is 0 Å². The molecule has 1 unspecified atom stereocenters. The molecule has 1 aliphatic carbocycles. The largest absolute Gasteiger partial charge is 0.497 e. The van der Waals surface area contributed by atoms with Gasteiger partial charge in [-0.05, 0) is 49.3 Å². The number of rotatable bonds is 6. The predicted molar refractivity (Wildman–Crippen MR) is 99.7 cm³/mol. The zero-order chi connectivity index (χ0) is 17.8. The minimum absolute atomic E-state index is 0.439. The lowest BCUT2D eigenvalue weighted by atomic mass is 9.60. The van der Waals surface area contributed by atoms with Crippen molar-refractivity contribution in [2.45, 2.75) is 38.3 Å². The van der Waals surface area contributed by atoms with Gasteiger partial charge in [-0.1, -0.05) is 12.1 Å². The van der Waals surface area contributed by atoms with E-state index in [0.29, 0.717) is 17.3 Å². The zero-order valence-electron chi connectivity index (χ0n) is 15.2. The Morgan fingerprint density at radius 3 is 2.77 bits per heavy atom. The number of pyridine rings is 1. The average Bonchev–Trinajstić information content (AvgIpc) is 2.69. The fraction of sp³-hybridized carbons (Fsp3) is 0.476. The van der Waals surface area contributed by atoms with E-state index in [0.717, 1.165) is 36.8 Å². The van der Waals surface area contributed by atoms with Crippen LogP contribution in [0, 0.1) is 5.41 Å². The van der Waals surface area contributed by atoms with Crippen LogP contribution in [0.25, 0.3) is 0 Å². The maximum atomic E-state index is 6.02. The highest BCUT2D eigenvalue weighted by atomic mass is 16.5. The summed E-state index contributed by atoms with van der Waals surface area (Å²) < 4.78 is 16.8.